The molecule has 340 valence electrons. The molecule has 66 heavy (non-hydrogen) atoms. The first-order valence-electron chi connectivity index (χ1n) is 23.5. The van der Waals surface area contributed by atoms with Crippen LogP contribution in [0.25, 0.3) is 39.8 Å². The number of ether oxygens (including phenoxy) is 2. The predicted octanol–water partition coefficient (Wildman–Crippen LogP) is 11.2. The van der Waals surface area contributed by atoms with Crippen LogP contribution in [0.2, 0.25) is 0 Å². The average Bonchev–Trinajstić information content (AvgIpc) is 4.05. The molecular formula is C57H65N5O3P+. The van der Waals surface area contributed by atoms with Gasteiger partial charge in [-0.1, -0.05) is 81.1 Å². The van der Waals surface area contributed by atoms with Crippen molar-refractivity contribution in [2.24, 2.45) is 0 Å². The highest BCUT2D eigenvalue weighted by molar-refractivity contribution is 7.95. The summed E-state index contributed by atoms with van der Waals surface area (Å²) >= 11 is 0. The van der Waals surface area contributed by atoms with Gasteiger partial charge in [-0.2, -0.15) is 0 Å². The molecule has 2 atom stereocenters. The molecule has 0 unspecified atom stereocenters. The second kappa shape index (κ2) is 20.7. The zero-order valence-corrected chi connectivity index (χ0v) is 40.7. The van der Waals surface area contributed by atoms with Crippen molar-refractivity contribution in [3.63, 3.8) is 0 Å². The van der Waals surface area contributed by atoms with E-state index in [2.05, 4.69) is 173 Å². The number of hydrogen-bond donors (Lipinski definition) is 2. The summed E-state index contributed by atoms with van der Waals surface area (Å²) in [6.45, 7) is 19.7. The highest BCUT2D eigenvalue weighted by Gasteiger charge is 2.45. The summed E-state index contributed by atoms with van der Waals surface area (Å²) < 4.78 is 12.3. The van der Waals surface area contributed by atoms with Gasteiger partial charge in [-0.3, -0.25) is 9.78 Å². The molecule has 0 saturated heterocycles. The van der Waals surface area contributed by atoms with Crippen LogP contribution in [0.1, 0.15) is 96.0 Å². The number of aromatic amines is 2. The normalized spacial score (nSPS) is 14.9. The number of allylic oxidation sites excluding steroid dienone is 1. The molecule has 2 N–H and O–H groups in total. The van der Waals surface area contributed by atoms with Gasteiger partial charge in [0.2, 0.25) is 5.91 Å². The predicted molar refractivity (Wildman–Crippen MR) is 278 cm³/mol. The van der Waals surface area contributed by atoms with Crippen LogP contribution in [-0.2, 0) is 20.7 Å². The van der Waals surface area contributed by atoms with Gasteiger partial charge in [0, 0.05) is 70.9 Å². The number of rotatable bonds is 17. The monoisotopic (exact) mass is 898 g/mol. The number of hydrogen-bond acceptors (Lipinski definition) is 5. The fraction of sp³-hybridized carbons (Fsp3) is 0.316. The van der Waals surface area contributed by atoms with E-state index < -0.39 is 7.26 Å². The fourth-order valence-corrected chi connectivity index (χ4v) is 14.0. The number of aryl methyl sites for hydroxylation is 3. The number of nitrogens with zero attached hydrogens (tertiary/aromatic N) is 3. The summed E-state index contributed by atoms with van der Waals surface area (Å²) in [6, 6.07) is 39.3. The summed E-state index contributed by atoms with van der Waals surface area (Å²) in [7, 11) is -0.0811. The van der Waals surface area contributed by atoms with Gasteiger partial charge >= 0.3 is 0 Å². The Kier molecular flexibility index (Phi) is 14.6. The zero-order valence-electron chi connectivity index (χ0n) is 39.8. The molecule has 1 amide bonds. The number of H-pyrrole nitrogens is 2. The van der Waals surface area contributed by atoms with Gasteiger partial charge < -0.3 is 24.3 Å². The van der Waals surface area contributed by atoms with Crippen LogP contribution in [0.4, 0.5) is 0 Å². The van der Waals surface area contributed by atoms with Gasteiger partial charge in [-0.15, -0.1) is 0 Å². The number of carbonyl (C=O) groups excluding carboxylic acids is 1. The van der Waals surface area contributed by atoms with E-state index in [1.165, 1.54) is 27.0 Å². The maximum atomic E-state index is 13.7. The van der Waals surface area contributed by atoms with Crippen molar-refractivity contribution in [1.29, 1.82) is 0 Å². The number of likely N-dealkylation sites (N-methyl/N-ethyl adjacent to an activating group) is 1. The van der Waals surface area contributed by atoms with E-state index in [1.807, 2.05) is 13.1 Å². The third-order valence-electron chi connectivity index (χ3n) is 13.9. The first-order chi connectivity index (χ1) is 32.0. The Bertz CT molecular complexity index is 2790. The molecule has 0 fully saturated rings. The van der Waals surface area contributed by atoms with E-state index in [0.717, 1.165) is 79.7 Å². The summed E-state index contributed by atoms with van der Waals surface area (Å²) in [4.78, 5) is 33.5. The average molecular weight is 899 g/mol. The Labute approximate surface area is 391 Å². The van der Waals surface area contributed by atoms with Crippen LogP contribution in [0, 0.1) is 20.8 Å². The van der Waals surface area contributed by atoms with E-state index in [9.17, 15) is 4.79 Å². The molecule has 8 rings (SSSR count). The Morgan fingerprint density at radius 3 is 1.94 bits per heavy atom. The molecule has 8 bridgehead atoms. The summed E-state index contributed by atoms with van der Waals surface area (Å²) in [5.74, 6) is 0.242. The van der Waals surface area contributed by atoms with Crippen molar-refractivity contribution in [2.45, 2.75) is 72.6 Å². The van der Waals surface area contributed by atoms with Gasteiger partial charge in [0.05, 0.1) is 44.0 Å². The molecule has 5 heterocycles. The van der Waals surface area contributed by atoms with E-state index in [4.69, 9.17) is 19.4 Å². The summed E-state index contributed by atoms with van der Waals surface area (Å²) in [6.07, 6.45) is 6.99. The third kappa shape index (κ3) is 9.51. The second-order valence-corrected chi connectivity index (χ2v) is 21.4. The fourth-order valence-electron chi connectivity index (χ4n) is 9.88. The van der Waals surface area contributed by atoms with Gasteiger partial charge in [0.1, 0.15) is 23.2 Å². The quantitative estimate of drug-likeness (QED) is 0.0702. The standard InChI is InChI=1S/C57H65N5O3P/c1-9-46-40(5)52-37-55-47(10-2)39(4)51(59-55)36-53-41(6)48(57(61-53)42(7)50-34-38(3)49(58-50)35-54(46)60-52)26-27-56(63)62(8)28-29-64-30-31-65-32-33-66(43-20-14-11-15-21-43,44-22-16-12-17-23-44)45-24-18-13-19-25-45/h10-25,34-37,41,48,59-60H,2,9,26-33H2,1,3-8H3/q+1/t41-,48-/m0/s1. The Morgan fingerprint density at radius 1 is 0.742 bits per heavy atom. The SMILES string of the molecule is C=Cc1c(C)c2cc3nc(c(C)c4nc(cc5[nH]c(cc1[nH]2)c(C)c5CC)C(C)=C4)[C@@H](CCC(=O)N(C)CCOCCOCC[P+](c1ccccc1)(c1ccccc1)c1ccccc1)[C@@H]3C. The van der Waals surface area contributed by atoms with Crippen molar-refractivity contribution in [1.82, 2.24) is 24.8 Å². The first kappa shape index (κ1) is 46.6. The molecule has 8 nitrogen and oxygen atoms in total. The molecule has 0 radical (unpaired) electrons. The largest absolute Gasteiger partial charge is 0.377 e. The Balaban J connectivity index is 0.927. The molecule has 6 aromatic rings. The summed E-state index contributed by atoms with van der Waals surface area (Å²) in [5, 5.41) is 4.05. The van der Waals surface area contributed by atoms with Crippen molar-refractivity contribution in [3.05, 3.63) is 166 Å². The molecule has 2 aliphatic heterocycles. The van der Waals surface area contributed by atoms with Gasteiger partial charge in [-0.25, -0.2) is 4.98 Å². The number of benzene rings is 3. The topological polar surface area (TPSA) is 96.1 Å². The minimum atomic E-state index is -1.95. The van der Waals surface area contributed by atoms with Crippen LogP contribution >= 0.6 is 7.26 Å². The zero-order chi connectivity index (χ0) is 46.4. The van der Waals surface area contributed by atoms with Gasteiger partial charge in [-0.05, 0) is 129 Å². The molecule has 3 aromatic heterocycles. The third-order valence-corrected chi connectivity index (χ3v) is 18.3. The lowest BCUT2D eigenvalue weighted by molar-refractivity contribution is -0.130. The molecule has 9 heteroatoms. The first-order valence-corrected chi connectivity index (χ1v) is 25.5. The van der Waals surface area contributed by atoms with Gasteiger partial charge in [0.25, 0.3) is 0 Å². The maximum Gasteiger partial charge on any atom is 0.222 e. The molecule has 0 aliphatic carbocycles. The van der Waals surface area contributed by atoms with Crippen LogP contribution < -0.4 is 15.9 Å². The maximum absolute atomic E-state index is 13.7. The van der Waals surface area contributed by atoms with E-state index in [0.29, 0.717) is 45.8 Å². The highest BCUT2D eigenvalue weighted by atomic mass is 31.2. The molecule has 0 saturated carbocycles. The Morgan fingerprint density at radius 2 is 1.33 bits per heavy atom. The van der Waals surface area contributed by atoms with Crippen LogP contribution in [-0.4, -0.2) is 76.9 Å². The summed E-state index contributed by atoms with van der Waals surface area (Å²) in [5.41, 5.74) is 15.0. The van der Waals surface area contributed by atoms with Crippen molar-refractivity contribution < 1.29 is 14.3 Å². The second-order valence-electron chi connectivity index (χ2n) is 17.8. The van der Waals surface area contributed by atoms with E-state index in [1.54, 1.807) is 4.90 Å². The minimum absolute atomic E-state index is 0.0500. The van der Waals surface area contributed by atoms with Crippen LogP contribution in [0.5, 0.6) is 0 Å². The minimum Gasteiger partial charge on any atom is -0.377 e. The Hall–Kier alpha value is -5.92. The van der Waals surface area contributed by atoms with Crippen molar-refractivity contribution >= 4 is 68.9 Å². The number of nitrogens with one attached hydrogen (secondary N) is 2. The van der Waals surface area contributed by atoms with Crippen molar-refractivity contribution in [2.75, 3.05) is 46.2 Å². The van der Waals surface area contributed by atoms with E-state index >= 15 is 0 Å². The molecule has 2 aliphatic rings. The van der Waals surface area contributed by atoms with Crippen LogP contribution in [0.15, 0.2) is 116 Å². The van der Waals surface area contributed by atoms with Crippen molar-refractivity contribution in [3.8, 4) is 0 Å². The number of aromatic nitrogens is 4. The molecular weight excluding hydrogens is 834 g/mol. The lowest BCUT2D eigenvalue weighted by Gasteiger charge is -2.27. The number of amides is 1. The lowest BCUT2D eigenvalue weighted by Crippen LogP contribution is -2.34. The van der Waals surface area contributed by atoms with Crippen LogP contribution in [0.3, 0.4) is 0 Å². The molecule has 0 spiro atoms. The molecule has 3 aromatic carbocycles. The van der Waals surface area contributed by atoms with E-state index in [-0.39, 0.29) is 17.7 Å². The number of carbonyl (C=O) groups is 1. The number of fused-ring (bicyclic) bond motifs is 8. The lowest BCUT2D eigenvalue weighted by atomic mass is 9.85. The smallest absolute Gasteiger partial charge is 0.222 e. The highest BCUT2D eigenvalue weighted by Crippen LogP contribution is 2.55. The van der Waals surface area contributed by atoms with Gasteiger partial charge in [0.15, 0.2) is 0 Å².